The quantitative estimate of drug-likeness (QED) is 0.703. The van der Waals surface area contributed by atoms with E-state index in [1.165, 1.54) is 58.0 Å². The van der Waals surface area contributed by atoms with E-state index < -0.39 is 0 Å². The highest BCUT2D eigenvalue weighted by Crippen LogP contribution is 2.44. The van der Waals surface area contributed by atoms with Crippen molar-refractivity contribution < 1.29 is 0 Å². The predicted octanol–water partition coefficient (Wildman–Crippen LogP) is 2.96. The average molecular weight is 181 g/mol. The minimum absolute atomic E-state index is 0.689. The van der Waals surface area contributed by atoms with Crippen LogP contribution in [-0.2, 0) is 0 Å². The molecule has 76 valence electrons. The second kappa shape index (κ2) is 4.00. The second-order valence-electron chi connectivity index (χ2n) is 5.45. The van der Waals surface area contributed by atoms with E-state index in [0.717, 1.165) is 5.92 Å². The number of hydrogen-bond donors (Lipinski definition) is 1. The van der Waals surface area contributed by atoms with E-state index in [-0.39, 0.29) is 0 Å². The maximum atomic E-state index is 3.66. The summed E-state index contributed by atoms with van der Waals surface area (Å²) in [5.74, 6) is 0.996. The lowest BCUT2D eigenvalue weighted by Gasteiger charge is -2.22. The molecule has 1 nitrogen and oxygen atoms in total. The number of rotatable bonds is 4. The molecular weight excluding hydrogens is 158 g/mol. The fourth-order valence-corrected chi connectivity index (χ4v) is 2.36. The van der Waals surface area contributed by atoms with Crippen molar-refractivity contribution >= 4 is 0 Å². The maximum absolute atomic E-state index is 3.66. The van der Waals surface area contributed by atoms with E-state index in [1.54, 1.807) is 0 Å². The third-order valence-corrected chi connectivity index (χ3v) is 3.81. The van der Waals surface area contributed by atoms with Crippen LogP contribution in [0.5, 0.6) is 0 Å². The molecule has 0 atom stereocenters. The van der Waals surface area contributed by atoms with Gasteiger partial charge in [-0.05, 0) is 43.6 Å². The fourth-order valence-electron chi connectivity index (χ4n) is 2.36. The first-order chi connectivity index (χ1) is 6.29. The maximum Gasteiger partial charge on any atom is 0.000528 e. The molecule has 2 rings (SSSR count). The third kappa shape index (κ3) is 2.98. The predicted molar refractivity (Wildman–Crippen MR) is 56.8 cm³/mol. The molecule has 1 N–H and O–H groups in total. The van der Waals surface area contributed by atoms with Gasteiger partial charge in [0, 0.05) is 6.54 Å². The van der Waals surface area contributed by atoms with Crippen molar-refractivity contribution in [1.29, 1.82) is 0 Å². The average Bonchev–Trinajstić information content (AvgIpc) is 2.86. The molecule has 0 saturated heterocycles. The van der Waals surface area contributed by atoms with Gasteiger partial charge in [-0.1, -0.05) is 26.2 Å². The van der Waals surface area contributed by atoms with Crippen LogP contribution in [0.3, 0.4) is 0 Å². The largest absolute Gasteiger partial charge is 0.316 e. The van der Waals surface area contributed by atoms with Crippen LogP contribution in [0.25, 0.3) is 0 Å². The fraction of sp³-hybridized carbons (Fsp3) is 1.00. The van der Waals surface area contributed by atoms with Crippen LogP contribution in [0.15, 0.2) is 0 Å². The second-order valence-corrected chi connectivity index (χ2v) is 5.45. The van der Waals surface area contributed by atoms with Gasteiger partial charge >= 0.3 is 0 Å². The van der Waals surface area contributed by atoms with Crippen LogP contribution in [0, 0.1) is 11.3 Å². The van der Waals surface area contributed by atoms with Crippen molar-refractivity contribution in [1.82, 2.24) is 5.32 Å². The van der Waals surface area contributed by atoms with Crippen LogP contribution in [0.2, 0.25) is 0 Å². The molecule has 0 heterocycles. The third-order valence-electron chi connectivity index (χ3n) is 3.81. The molecular formula is C12H23N. The monoisotopic (exact) mass is 181 g/mol. The topological polar surface area (TPSA) is 12.0 Å². The number of hydrogen-bond acceptors (Lipinski definition) is 1. The summed E-state index contributed by atoms with van der Waals surface area (Å²) in [7, 11) is 0. The van der Waals surface area contributed by atoms with Gasteiger partial charge in [0.2, 0.25) is 0 Å². The smallest absolute Gasteiger partial charge is 0.000528 e. The SMILES string of the molecule is CC1(CNCC2CCCCC2)CC1. The van der Waals surface area contributed by atoms with E-state index in [9.17, 15) is 0 Å². The molecule has 2 saturated carbocycles. The van der Waals surface area contributed by atoms with E-state index in [0.29, 0.717) is 5.41 Å². The van der Waals surface area contributed by atoms with Gasteiger partial charge in [-0.3, -0.25) is 0 Å². The standard InChI is InChI=1S/C12H23N/c1-12(7-8-12)10-13-9-11-5-3-2-4-6-11/h11,13H,2-10H2,1H3. The first kappa shape index (κ1) is 9.51. The van der Waals surface area contributed by atoms with Gasteiger partial charge in [-0.15, -0.1) is 0 Å². The summed E-state index contributed by atoms with van der Waals surface area (Å²) in [4.78, 5) is 0. The summed E-state index contributed by atoms with van der Waals surface area (Å²) in [6.07, 6.45) is 10.3. The van der Waals surface area contributed by atoms with E-state index in [1.807, 2.05) is 0 Å². The van der Waals surface area contributed by atoms with Gasteiger partial charge in [0.05, 0.1) is 0 Å². The lowest BCUT2D eigenvalue weighted by molar-refractivity contribution is 0.332. The molecule has 0 bridgehead atoms. The highest BCUT2D eigenvalue weighted by molar-refractivity contribution is 4.90. The van der Waals surface area contributed by atoms with Crippen molar-refractivity contribution in [2.75, 3.05) is 13.1 Å². The Morgan fingerprint density at radius 3 is 2.46 bits per heavy atom. The Balaban J connectivity index is 1.56. The van der Waals surface area contributed by atoms with Gasteiger partial charge in [0.25, 0.3) is 0 Å². The lowest BCUT2D eigenvalue weighted by Crippen LogP contribution is -2.28. The van der Waals surface area contributed by atoms with Crippen molar-refractivity contribution in [3.63, 3.8) is 0 Å². The van der Waals surface area contributed by atoms with Crippen molar-refractivity contribution in [2.24, 2.45) is 11.3 Å². The summed E-state index contributed by atoms with van der Waals surface area (Å²) < 4.78 is 0. The minimum Gasteiger partial charge on any atom is -0.316 e. The van der Waals surface area contributed by atoms with Crippen LogP contribution in [0.1, 0.15) is 51.9 Å². The van der Waals surface area contributed by atoms with Crippen LogP contribution in [-0.4, -0.2) is 13.1 Å². The zero-order chi connectivity index (χ0) is 9.15. The Labute approximate surface area is 82.3 Å². The Morgan fingerprint density at radius 1 is 1.15 bits per heavy atom. The summed E-state index contributed by atoms with van der Waals surface area (Å²) >= 11 is 0. The molecule has 0 unspecified atom stereocenters. The molecule has 0 radical (unpaired) electrons. The Kier molecular flexibility index (Phi) is 2.92. The molecule has 2 aliphatic carbocycles. The first-order valence-corrected chi connectivity index (χ1v) is 5.99. The van der Waals surface area contributed by atoms with Crippen LogP contribution < -0.4 is 5.32 Å². The summed E-state index contributed by atoms with van der Waals surface area (Å²) in [5.41, 5.74) is 0.689. The molecule has 0 spiro atoms. The molecule has 2 aliphatic rings. The van der Waals surface area contributed by atoms with Crippen LogP contribution >= 0.6 is 0 Å². The zero-order valence-electron chi connectivity index (χ0n) is 8.94. The Hall–Kier alpha value is -0.0400. The Bertz CT molecular complexity index is 155. The van der Waals surface area contributed by atoms with E-state index in [2.05, 4.69) is 12.2 Å². The minimum atomic E-state index is 0.689. The van der Waals surface area contributed by atoms with Crippen molar-refractivity contribution in [3.8, 4) is 0 Å². The summed E-state index contributed by atoms with van der Waals surface area (Å²) in [5, 5.41) is 3.66. The van der Waals surface area contributed by atoms with Gasteiger partial charge in [-0.25, -0.2) is 0 Å². The van der Waals surface area contributed by atoms with E-state index in [4.69, 9.17) is 0 Å². The van der Waals surface area contributed by atoms with Gasteiger partial charge in [0.1, 0.15) is 0 Å². The molecule has 0 aromatic heterocycles. The van der Waals surface area contributed by atoms with Gasteiger partial charge in [-0.2, -0.15) is 0 Å². The normalized spacial score (nSPS) is 27.5. The molecule has 0 aromatic carbocycles. The highest BCUT2D eigenvalue weighted by atomic mass is 14.9. The van der Waals surface area contributed by atoms with E-state index >= 15 is 0 Å². The number of nitrogens with one attached hydrogen (secondary N) is 1. The molecule has 1 heteroatoms. The Morgan fingerprint density at radius 2 is 1.85 bits per heavy atom. The molecule has 0 aromatic rings. The van der Waals surface area contributed by atoms with Crippen molar-refractivity contribution in [2.45, 2.75) is 51.9 Å². The molecule has 13 heavy (non-hydrogen) atoms. The first-order valence-electron chi connectivity index (χ1n) is 5.99. The van der Waals surface area contributed by atoms with Gasteiger partial charge in [0.15, 0.2) is 0 Å². The molecule has 0 aliphatic heterocycles. The molecule has 2 fully saturated rings. The summed E-state index contributed by atoms with van der Waals surface area (Å²) in [6.45, 7) is 4.96. The van der Waals surface area contributed by atoms with Gasteiger partial charge < -0.3 is 5.32 Å². The molecule has 0 amide bonds. The van der Waals surface area contributed by atoms with Crippen LogP contribution in [0.4, 0.5) is 0 Å². The van der Waals surface area contributed by atoms with Crippen molar-refractivity contribution in [3.05, 3.63) is 0 Å². The summed E-state index contributed by atoms with van der Waals surface area (Å²) in [6, 6.07) is 0. The highest BCUT2D eigenvalue weighted by Gasteiger charge is 2.36. The zero-order valence-corrected chi connectivity index (χ0v) is 8.94. The lowest BCUT2D eigenvalue weighted by atomic mass is 9.89.